The van der Waals surface area contributed by atoms with Gasteiger partial charge in [0.2, 0.25) is 0 Å². The quantitative estimate of drug-likeness (QED) is 0.868. The van der Waals surface area contributed by atoms with Crippen LogP contribution in [0.5, 0.6) is 0 Å². The number of amides is 1. The van der Waals surface area contributed by atoms with Crippen molar-refractivity contribution in [1.82, 2.24) is 10.6 Å². The van der Waals surface area contributed by atoms with E-state index < -0.39 is 5.60 Å². The Kier molecular flexibility index (Phi) is 5.69. The first kappa shape index (κ1) is 17.8. The monoisotopic (exact) mass is 318 g/mol. The molecule has 0 spiro atoms. The summed E-state index contributed by atoms with van der Waals surface area (Å²) in [5.41, 5.74) is 2.37. The number of ether oxygens (including phenoxy) is 1. The van der Waals surface area contributed by atoms with Gasteiger partial charge in [0.25, 0.3) is 0 Å². The van der Waals surface area contributed by atoms with Crippen molar-refractivity contribution in [3.05, 3.63) is 35.4 Å². The molecule has 1 amide bonds. The van der Waals surface area contributed by atoms with Crippen molar-refractivity contribution in [2.45, 2.75) is 65.1 Å². The van der Waals surface area contributed by atoms with E-state index >= 15 is 0 Å². The summed E-state index contributed by atoms with van der Waals surface area (Å²) < 4.78 is 5.32. The molecule has 0 fully saturated rings. The highest BCUT2D eigenvalue weighted by Gasteiger charge is 2.26. The molecule has 23 heavy (non-hydrogen) atoms. The first-order valence-electron chi connectivity index (χ1n) is 8.57. The molecular formula is C19H30N2O2. The molecule has 0 radical (unpaired) electrons. The lowest BCUT2D eigenvalue weighted by atomic mass is 10.0. The molecule has 2 unspecified atom stereocenters. The molecule has 4 heteroatoms. The molecule has 1 aliphatic rings. The standard InChI is InChI=1S/C19H30N2O2/c1-13(2)17(12-20-18(22)23-19(3,4)5)21-16-11-10-14-8-6-7-9-15(14)16/h6-9,13,16-17,21H,10-12H2,1-5H3,(H,20,22). The number of alkyl carbamates (subject to hydrolysis) is 1. The molecule has 4 nitrogen and oxygen atoms in total. The van der Waals surface area contributed by atoms with E-state index in [2.05, 4.69) is 48.7 Å². The van der Waals surface area contributed by atoms with E-state index in [-0.39, 0.29) is 12.1 Å². The first-order valence-corrected chi connectivity index (χ1v) is 8.57. The van der Waals surface area contributed by atoms with Gasteiger partial charge in [0.05, 0.1) is 0 Å². The third-order valence-corrected chi connectivity index (χ3v) is 4.22. The SMILES string of the molecule is CC(C)C(CNC(=O)OC(C)(C)C)NC1CCc2ccccc21. The molecular weight excluding hydrogens is 288 g/mol. The number of rotatable bonds is 5. The summed E-state index contributed by atoms with van der Waals surface area (Å²) in [5.74, 6) is 0.428. The van der Waals surface area contributed by atoms with E-state index in [1.165, 1.54) is 11.1 Å². The van der Waals surface area contributed by atoms with Gasteiger partial charge in [-0.25, -0.2) is 4.79 Å². The number of hydrogen-bond donors (Lipinski definition) is 2. The van der Waals surface area contributed by atoms with Crippen LogP contribution in [0.2, 0.25) is 0 Å². The van der Waals surface area contributed by atoms with Crippen molar-refractivity contribution < 1.29 is 9.53 Å². The minimum Gasteiger partial charge on any atom is -0.444 e. The molecule has 0 aliphatic heterocycles. The van der Waals surface area contributed by atoms with Crippen LogP contribution >= 0.6 is 0 Å². The van der Waals surface area contributed by atoms with Gasteiger partial charge in [0.15, 0.2) is 0 Å². The molecule has 1 aromatic rings. The summed E-state index contributed by atoms with van der Waals surface area (Å²) in [6, 6.07) is 9.21. The van der Waals surface area contributed by atoms with E-state index in [0.29, 0.717) is 18.5 Å². The fourth-order valence-corrected chi connectivity index (χ4v) is 2.98. The molecule has 0 saturated heterocycles. The molecule has 0 bridgehead atoms. The Hall–Kier alpha value is -1.55. The van der Waals surface area contributed by atoms with Gasteiger partial charge in [-0.05, 0) is 50.7 Å². The fourth-order valence-electron chi connectivity index (χ4n) is 2.98. The normalized spacial score (nSPS) is 18.6. The summed E-state index contributed by atoms with van der Waals surface area (Å²) in [5, 5.41) is 6.61. The molecule has 0 aromatic heterocycles. The van der Waals surface area contributed by atoms with Crippen LogP contribution in [0.1, 0.15) is 58.2 Å². The molecule has 2 rings (SSSR count). The second kappa shape index (κ2) is 7.35. The van der Waals surface area contributed by atoms with E-state index in [0.717, 1.165) is 12.8 Å². The van der Waals surface area contributed by atoms with Crippen LogP contribution in [-0.4, -0.2) is 24.3 Å². The Balaban J connectivity index is 1.91. The average Bonchev–Trinajstić information content (AvgIpc) is 2.84. The van der Waals surface area contributed by atoms with Gasteiger partial charge in [-0.2, -0.15) is 0 Å². The van der Waals surface area contributed by atoms with Gasteiger partial charge in [-0.15, -0.1) is 0 Å². The summed E-state index contributed by atoms with van der Waals surface area (Å²) in [6.07, 6.45) is 1.89. The van der Waals surface area contributed by atoms with Gasteiger partial charge in [0, 0.05) is 18.6 Å². The zero-order chi connectivity index (χ0) is 17.0. The molecule has 1 aromatic carbocycles. The van der Waals surface area contributed by atoms with Crippen molar-refractivity contribution >= 4 is 6.09 Å². The smallest absolute Gasteiger partial charge is 0.407 e. The zero-order valence-corrected chi connectivity index (χ0v) is 15.0. The minimum absolute atomic E-state index is 0.221. The van der Waals surface area contributed by atoms with E-state index in [1.807, 2.05) is 20.8 Å². The molecule has 2 atom stereocenters. The molecule has 2 N–H and O–H groups in total. The highest BCUT2D eigenvalue weighted by atomic mass is 16.6. The van der Waals surface area contributed by atoms with Crippen LogP contribution in [0, 0.1) is 5.92 Å². The number of aryl methyl sites for hydroxylation is 1. The van der Waals surface area contributed by atoms with Crippen LogP contribution in [-0.2, 0) is 11.2 Å². The Morgan fingerprint density at radius 1 is 1.30 bits per heavy atom. The van der Waals surface area contributed by atoms with Gasteiger partial charge < -0.3 is 15.4 Å². The van der Waals surface area contributed by atoms with Crippen LogP contribution in [0.25, 0.3) is 0 Å². The van der Waals surface area contributed by atoms with Crippen molar-refractivity contribution in [3.63, 3.8) is 0 Å². The topological polar surface area (TPSA) is 50.4 Å². The maximum Gasteiger partial charge on any atom is 0.407 e. The maximum absolute atomic E-state index is 11.9. The lowest BCUT2D eigenvalue weighted by Crippen LogP contribution is -2.46. The predicted octanol–water partition coefficient (Wildman–Crippen LogP) is 3.81. The molecule has 0 heterocycles. The molecule has 1 aliphatic carbocycles. The zero-order valence-electron chi connectivity index (χ0n) is 15.0. The van der Waals surface area contributed by atoms with Gasteiger partial charge in [0.1, 0.15) is 5.60 Å². The van der Waals surface area contributed by atoms with Crippen LogP contribution < -0.4 is 10.6 Å². The molecule has 0 saturated carbocycles. The number of nitrogens with one attached hydrogen (secondary N) is 2. The number of benzene rings is 1. The van der Waals surface area contributed by atoms with Crippen molar-refractivity contribution in [2.75, 3.05) is 6.54 Å². The third-order valence-electron chi connectivity index (χ3n) is 4.22. The van der Waals surface area contributed by atoms with E-state index in [4.69, 9.17) is 4.74 Å². The van der Waals surface area contributed by atoms with Crippen LogP contribution in [0.4, 0.5) is 4.79 Å². The largest absolute Gasteiger partial charge is 0.444 e. The number of carbonyl (C=O) groups excluding carboxylic acids is 1. The second-order valence-corrected chi connectivity index (χ2v) is 7.69. The Morgan fingerprint density at radius 3 is 2.65 bits per heavy atom. The third kappa shape index (κ3) is 5.24. The fraction of sp³-hybridized carbons (Fsp3) is 0.632. The van der Waals surface area contributed by atoms with Gasteiger partial charge in [-0.1, -0.05) is 38.1 Å². The Labute approximate surface area is 140 Å². The highest BCUT2D eigenvalue weighted by molar-refractivity contribution is 5.67. The average molecular weight is 318 g/mol. The number of fused-ring (bicyclic) bond motifs is 1. The van der Waals surface area contributed by atoms with Crippen LogP contribution in [0.15, 0.2) is 24.3 Å². The summed E-state index contributed by atoms with van der Waals surface area (Å²) in [7, 11) is 0. The van der Waals surface area contributed by atoms with Crippen molar-refractivity contribution in [2.24, 2.45) is 5.92 Å². The lowest BCUT2D eigenvalue weighted by molar-refractivity contribution is 0.0518. The number of hydrogen-bond acceptors (Lipinski definition) is 3. The Morgan fingerprint density at radius 2 is 2.00 bits per heavy atom. The highest BCUT2D eigenvalue weighted by Crippen LogP contribution is 2.31. The van der Waals surface area contributed by atoms with E-state index in [1.54, 1.807) is 0 Å². The van der Waals surface area contributed by atoms with Crippen LogP contribution in [0.3, 0.4) is 0 Å². The van der Waals surface area contributed by atoms with Crippen molar-refractivity contribution in [1.29, 1.82) is 0 Å². The van der Waals surface area contributed by atoms with Crippen molar-refractivity contribution in [3.8, 4) is 0 Å². The number of carbonyl (C=O) groups is 1. The summed E-state index contributed by atoms with van der Waals surface area (Å²) in [6.45, 7) is 10.6. The molecule has 128 valence electrons. The predicted molar refractivity (Wildman–Crippen MR) is 93.5 cm³/mol. The maximum atomic E-state index is 11.9. The second-order valence-electron chi connectivity index (χ2n) is 7.69. The van der Waals surface area contributed by atoms with Gasteiger partial charge in [-0.3, -0.25) is 0 Å². The Bertz CT molecular complexity index is 534. The first-order chi connectivity index (χ1) is 10.8. The van der Waals surface area contributed by atoms with Gasteiger partial charge >= 0.3 is 6.09 Å². The lowest BCUT2D eigenvalue weighted by Gasteiger charge is -2.28. The summed E-state index contributed by atoms with van der Waals surface area (Å²) in [4.78, 5) is 11.9. The minimum atomic E-state index is -0.463. The van der Waals surface area contributed by atoms with E-state index in [9.17, 15) is 4.79 Å². The summed E-state index contributed by atoms with van der Waals surface area (Å²) >= 11 is 0.